The zero-order chi connectivity index (χ0) is 14.4. The number of carbonyl (C=O) groups is 2. The summed E-state index contributed by atoms with van der Waals surface area (Å²) in [6.07, 6.45) is 0. The second-order valence-electron chi connectivity index (χ2n) is 4.28. The lowest BCUT2D eigenvalue weighted by Gasteiger charge is -2.15. The number of rotatable bonds is 6. The molecular formula is C13H17FN2O3. The van der Waals surface area contributed by atoms with Crippen molar-refractivity contribution >= 4 is 11.9 Å². The summed E-state index contributed by atoms with van der Waals surface area (Å²) in [5.41, 5.74) is 0.779. The first-order chi connectivity index (χ1) is 8.90. The number of carboxylic acid groups (broad SMARTS) is 1. The van der Waals surface area contributed by atoms with Crippen LogP contribution in [-0.4, -0.2) is 29.6 Å². The predicted octanol–water partition coefficient (Wildman–Crippen LogP) is 1.07. The van der Waals surface area contributed by atoms with Crippen LogP contribution in [0.4, 0.5) is 4.39 Å². The fourth-order valence-electron chi connectivity index (χ4n) is 1.46. The Morgan fingerprint density at radius 1 is 1.26 bits per heavy atom. The first-order valence-corrected chi connectivity index (χ1v) is 5.91. The van der Waals surface area contributed by atoms with Crippen LogP contribution in [0, 0.1) is 5.82 Å². The standard InChI is InChI=1S/C13H17FN2O3/c1-8(10-3-5-11(14)6-4-10)16-12(17)7-15-9(2)13(18)19/h3-6,8-9,15H,7H2,1-2H3,(H,16,17)(H,18,19)/t8?,9-/m0/s1. The Hall–Kier alpha value is -1.95. The highest BCUT2D eigenvalue weighted by Crippen LogP contribution is 2.12. The fraction of sp³-hybridized carbons (Fsp3) is 0.385. The third-order valence-corrected chi connectivity index (χ3v) is 2.69. The summed E-state index contributed by atoms with van der Waals surface area (Å²) in [5.74, 6) is -1.66. The zero-order valence-corrected chi connectivity index (χ0v) is 10.8. The SMILES string of the molecule is CC(NC(=O)CN[C@@H](C)C(=O)O)c1ccc(F)cc1. The number of halogens is 1. The van der Waals surface area contributed by atoms with Crippen molar-refractivity contribution in [3.05, 3.63) is 35.6 Å². The summed E-state index contributed by atoms with van der Waals surface area (Å²) in [6, 6.07) is 4.77. The summed E-state index contributed by atoms with van der Waals surface area (Å²) < 4.78 is 12.7. The van der Waals surface area contributed by atoms with Crippen LogP contribution >= 0.6 is 0 Å². The highest BCUT2D eigenvalue weighted by Gasteiger charge is 2.13. The number of hydrogen-bond donors (Lipinski definition) is 3. The van der Waals surface area contributed by atoms with Gasteiger partial charge in [-0.25, -0.2) is 4.39 Å². The quantitative estimate of drug-likeness (QED) is 0.721. The topological polar surface area (TPSA) is 78.4 Å². The van der Waals surface area contributed by atoms with E-state index in [1.165, 1.54) is 19.1 Å². The van der Waals surface area contributed by atoms with E-state index in [1.54, 1.807) is 19.1 Å². The molecule has 0 aliphatic rings. The van der Waals surface area contributed by atoms with Crippen molar-refractivity contribution in [2.75, 3.05) is 6.54 Å². The number of nitrogens with one attached hydrogen (secondary N) is 2. The lowest BCUT2D eigenvalue weighted by molar-refractivity contribution is -0.139. The van der Waals surface area contributed by atoms with E-state index in [9.17, 15) is 14.0 Å². The van der Waals surface area contributed by atoms with Crippen molar-refractivity contribution in [2.45, 2.75) is 25.9 Å². The van der Waals surface area contributed by atoms with Crippen LogP contribution in [0.2, 0.25) is 0 Å². The van der Waals surface area contributed by atoms with Gasteiger partial charge < -0.3 is 10.4 Å². The molecule has 0 aliphatic carbocycles. The van der Waals surface area contributed by atoms with Crippen LogP contribution in [0.1, 0.15) is 25.5 Å². The van der Waals surface area contributed by atoms with Crippen LogP contribution in [0.15, 0.2) is 24.3 Å². The second kappa shape index (κ2) is 6.84. The number of carbonyl (C=O) groups excluding carboxylic acids is 1. The molecule has 0 heterocycles. The third-order valence-electron chi connectivity index (χ3n) is 2.69. The minimum Gasteiger partial charge on any atom is -0.480 e. The summed E-state index contributed by atoms with van der Waals surface area (Å²) in [5, 5.41) is 13.9. The van der Waals surface area contributed by atoms with Gasteiger partial charge in [0, 0.05) is 0 Å². The molecule has 0 aromatic heterocycles. The maximum atomic E-state index is 12.7. The minimum absolute atomic E-state index is 0.0843. The third kappa shape index (κ3) is 5.05. The van der Waals surface area contributed by atoms with Crippen LogP contribution < -0.4 is 10.6 Å². The van der Waals surface area contributed by atoms with E-state index in [0.717, 1.165) is 5.56 Å². The van der Waals surface area contributed by atoms with Crippen LogP contribution in [0.25, 0.3) is 0 Å². The molecule has 1 aromatic carbocycles. The molecule has 3 N–H and O–H groups in total. The molecule has 0 bridgehead atoms. The van der Waals surface area contributed by atoms with E-state index in [1.807, 2.05) is 0 Å². The average molecular weight is 268 g/mol. The van der Waals surface area contributed by atoms with Gasteiger partial charge in [0.25, 0.3) is 0 Å². The Bertz CT molecular complexity index is 448. The minimum atomic E-state index is -1.01. The van der Waals surface area contributed by atoms with Gasteiger partial charge in [-0.1, -0.05) is 12.1 Å². The van der Waals surface area contributed by atoms with Gasteiger partial charge >= 0.3 is 5.97 Å². The van der Waals surface area contributed by atoms with Gasteiger partial charge in [0.2, 0.25) is 5.91 Å². The largest absolute Gasteiger partial charge is 0.480 e. The first kappa shape index (κ1) is 15.1. The molecule has 1 aromatic rings. The van der Waals surface area contributed by atoms with Crippen LogP contribution in [-0.2, 0) is 9.59 Å². The first-order valence-electron chi connectivity index (χ1n) is 5.91. The Morgan fingerprint density at radius 2 is 1.84 bits per heavy atom. The summed E-state index contributed by atoms with van der Waals surface area (Å²) >= 11 is 0. The molecule has 1 amide bonds. The number of carboxylic acids is 1. The molecule has 0 radical (unpaired) electrons. The fourth-order valence-corrected chi connectivity index (χ4v) is 1.46. The van der Waals surface area contributed by atoms with Gasteiger partial charge in [-0.15, -0.1) is 0 Å². The molecule has 5 nitrogen and oxygen atoms in total. The maximum absolute atomic E-state index is 12.7. The normalized spacial score (nSPS) is 13.6. The second-order valence-corrected chi connectivity index (χ2v) is 4.28. The maximum Gasteiger partial charge on any atom is 0.320 e. The van der Waals surface area contributed by atoms with Crippen molar-refractivity contribution in [1.82, 2.24) is 10.6 Å². The highest BCUT2D eigenvalue weighted by atomic mass is 19.1. The molecular weight excluding hydrogens is 251 g/mol. The van der Waals surface area contributed by atoms with Gasteiger partial charge in [-0.3, -0.25) is 14.9 Å². The molecule has 19 heavy (non-hydrogen) atoms. The Balaban J connectivity index is 2.44. The Morgan fingerprint density at radius 3 is 2.37 bits per heavy atom. The Kier molecular flexibility index (Phi) is 5.44. The van der Waals surface area contributed by atoms with Crippen molar-refractivity contribution in [3.63, 3.8) is 0 Å². The molecule has 0 aliphatic heterocycles. The lowest BCUT2D eigenvalue weighted by Crippen LogP contribution is -2.42. The number of hydrogen-bond acceptors (Lipinski definition) is 3. The molecule has 0 saturated carbocycles. The molecule has 0 fully saturated rings. The number of benzene rings is 1. The molecule has 1 unspecified atom stereocenters. The van der Waals surface area contributed by atoms with Gasteiger partial charge in [0.15, 0.2) is 0 Å². The van der Waals surface area contributed by atoms with Crippen LogP contribution in [0.5, 0.6) is 0 Å². The van der Waals surface area contributed by atoms with E-state index in [0.29, 0.717) is 0 Å². The van der Waals surface area contributed by atoms with Crippen molar-refractivity contribution in [3.8, 4) is 0 Å². The Labute approximate surface area is 110 Å². The van der Waals surface area contributed by atoms with Crippen LogP contribution in [0.3, 0.4) is 0 Å². The summed E-state index contributed by atoms with van der Waals surface area (Å²) in [7, 11) is 0. The predicted molar refractivity (Wildman–Crippen MR) is 68.1 cm³/mol. The number of amides is 1. The summed E-state index contributed by atoms with van der Waals surface area (Å²) in [6.45, 7) is 3.14. The molecule has 104 valence electrons. The monoisotopic (exact) mass is 268 g/mol. The van der Waals surface area contributed by atoms with Gasteiger partial charge in [-0.2, -0.15) is 0 Å². The van der Waals surface area contributed by atoms with E-state index in [-0.39, 0.29) is 24.3 Å². The van der Waals surface area contributed by atoms with E-state index in [2.05, 4.69) is 10.6 Å². The lowest BCUT2D eigenvalue weighted by atomic mass is 10.1. The molecule has 1 rings (SSSR count). The zero-order valence-electron chi connectivity index (χ0n) is 10.8. The molecule has 0 spiro atoms. The van der Waals surface area contributed by atoms with Gasteiger partial charge in [0.05, 0.1) is 12.6 Å². The van der Waals surface area contributed by atoms with E-state index >= 15 is 0 Å². The molecule has 2 atom stereocenters. The van der Waals surface area contributed by atoms with E-state index < -0.39 is 12.0 Å². The van der Waals surface area contributed by atoms with Crippen molar-refractivity contribution in [1.29, 1.82) is 0 Å². The summed E-state index contributed by atoms with van der Waals surface area (Å²) in [4.78, 5) is 22.1. The average Bonchev–Trinajstić information content (AvgIpc) is 2.36. The number of aliphatic carboxylic acids is 1. The highest BCUT2D eigenvalue weighted by molar-refractivity contribution is 5.80. The van der Waals surface area contributed by atoms with Gasteiger partial charge in [-0.05, 0) is 31.5 Å². The van der Waals surface area contributed by atoms with Crippen molar-refractivity contribution < 1.29 is 19.1 Å². The molecule has 0 saturated heterocycles. The smallest absolute Gasteiger partial charge is 0.320 e. The molecule has 6 heteroatoms. The van der Waals surface area contributed by atoms with Gasteiger partial charge in [0.1, 0.15) is 11.9 Å². The van der Waals surface area contributed by atoms with E-state index in [4.69, 9.17) is 5.11 Å². The van der Waals surface area contributed by atoms with Crippen molar-refractivity contribution in [2.24, 2.45) is 0 Å².